The molecule has 1 heterocycles. The Bertz CT molecular complexity index is 685. The van der Waals surface area contributed by atoms with Crippen LogP contribution in [0.1, 0.15) is 28.9 Å². The van der Waals surface area contributed by atoms with E-state index in [1.807, 2.05) is 30.5 Å². The second kappa shape index (κ2) is 8.38. The fraction of sp³-hybridized carbons (Fsp3) is 0.312. The molecule has 0 atom stereocenters. The minimum atomic E-state index is -1.06. The van der Waals surface area contributed by atoms with Crippen molar-refractivity contribution in [1.29, 1.82) is 0 Å². The lowest BCUT2D eigenvalue weighted by Crippen LogP contribution is -2.22. The zero-order valence-electron chi connectivity index (χ0n) is 12.9. The summed E-state index contributed by atoms with van der Waals surface area (Å²) < 4.78 is 1.51. The van der Waals surface area contributed by atoms with Gasteiger partial charge in [-0.3, -0.25) is 4.79 Å². The molecule has 7 heteroatoms. The molecule has 2 aromatic rings. The smallest absolute Gasteiger partial charge is 0.356 e. The summed E-state index contributed by atoms with van der Waals surface area (Å²) in [5.74, 6) is -0.0391. The Morgan fingerprint density at radius 1 is 1.35 bits per heavy atom. The minimum absolute atomic E-state index is 0.00231. The van der Waals surface area contributed by atoms with E-state index in [1.165, 1.54) is 10.7 Å². The van der Waals surface area contributed by atoms with Crippen molar-refractivity contribution in [3.05, 3.63) is 47.8 Å². The second-order valence-electron chi connectivity index (χ2n) is 4.99. The molecule has 0 saturated heterocycles. The van der Waals surface area contributed by atoms with Gasteiger partial charge in [-0.1, -0.05) is 12.1 Å². The number of rotatable bonds is 8. The highest BCUT2D eigenvalue weighted by molar-refractivity contribution is 7.98. The molecule has 2 rings (SSSR count). The number of aromatic nitrogens is 2. The highest BCUT2D eigenvalue weighted by atomic mass is 32.2. The molecule has 23 heavy (non-hydrogen) atoms. The third kappa shape index (κ3) is 5.14. The van der Waals surface area contributed by atoms with Crippen LogP contribution in [-0.2, 0) is 11.3 Å². The summed E-state index contributed by atoms with van der Waals surface area (Å²) in [6.45, 7) is 0.443. The van der Waals surface area contributed by atoms with Gasteiger partial charge in [0.1, 0.15) is 0 Å². The number of aromatic carboxylic acids is 1. The number of benzene rings is 1. The summed E-state index contributed by atoms with van der Waals surface area (Å²) in [5, 5.41) is 15.8. The Labute approximate surface area is 138 Å². The van der Waals surface area contributed by atoms with Crippen LogP contribution in [-0.4, -0.2) is 38.8 Å². The van der Waals surface area contributed by atoms with E-state index in [2.05, 4.69) is 10.4 Å². The molecule has 0 aliphatic heterocycles. The number of thioether (sulfide) groups is 1. The highest BCUT2D eigenvalue weighted by Gasteiger charge is 2.08. The average Bonchev–Trinajstić information content (AvgIpc) is 3.04. The number of carbonyl (C=O) groups excluding carboxylic acids is 1. The first-order valence-corrected chi connectivity index (χ1v) is 8.63. The molecule has 122 valence electrons. The molecule has 0 radical (unpaired) electrons. The molecule has 0 bridgehead atoms. The predicted octanol–water partition coefficient (Wildman–Crippen LogP) is 2.33. The van der Waals surface area contributed by atoms with Crippen molar-refractivity contribution in [1.82, 2.24) is 15.1 Å². The molecule has 2 N–H and O–H groups in total. The van der Waals surface area contributed by atoms with E-state index in [-0.39, 0.29) is 11.6 Å². The van der Waals surface area contributed by atoms with Crippen LogP contribution >= 0.6 is 11.8 Å². The van der Waals surface area contributed by atoms with Crippen molar-refractivity contribution >= 4 is 23.6 Å². The molecule has 0 saturated carbocycles. The van der Waals surface area contributed by atoms with Crippen molar-refractivity contribution in [2.75, 3.05) is 12.0 Å². The number of nitrogens with one attached hydrogen (secondary N) is 1. The van der Waals surface area contributed by atoms with E-state index in [1.54, 1.807) is 18.0 Å². The molecule has 1 amide bonds. The van der Waals surface area contributed by atoms with Crippen molar-refractivity contribution in [2.24, 2.45) is 0 Å². The third-order valence-corrected chi connectivity index (χ3v) is 3.92. The Morgan fingerprint density at radius 3 is 2.87 bits per heavy atom. The number of amides is 1. The largest absolute Gasteiger partial charge is 0.476 e. The van der Waals surface area contributed by atoms with E-state index in [0.29, 0.717) is 13.0 Å². The third-order valence-electron chi connectivity index (χ3n) is 3.23. The predicted molar refractivity (Wildman–Crippen MR) is 90.0 cm³/mol. The molecule has 1 aromatic carbocycles. The van der Waals surface area contributed by atoms with E-state index in [9.17, 15) is 9.59 Å². The second-order valence-corrected chi connectivity index (χ2v) is 5.98. The van der Waals surface area contributed by atoms with E-state index >= 15 is 0 Å². The normalized spacial score (nSPS) is 10.5. The summed E-state index contributed by atoms with van der Waals surface area (Å²) in [5.41, 5.74) is 1.69. The van der Waals surface area contributed by atoms with Crippen LogP contribution in [0.2, 0.25) is 0 Å². The van der Waals surface area contributed by atoms with Gasteiger partial charge in [-0.15, -0.1) is 0 Å². The van der Waals surface area contributed by atoms with Gasteiger partial charge < -0.3 is 10.4 Å². The first kappa shape index (κ1) is 17.1. The Kier molecular flexibility index (Phi) is 6.22. The molecule has 0 fully saturated rings. The summed E-state index contributed by atoms with van der Waals surface area (Å²) in [7, 11) is 0. The van der Waals surface area contributed by atoms with Gasteiger partial charge in [-0.05, 0) is 42.2 Å². The van der Waals surface area contributed by atoms with Crippen molar-refractivity contribution in [2.45, 2.75) is 19.4 Å². The van der Waals surface area contributed by atoms with E-state index in [4.69, 9.17) is 5.11 Å². The number of hydrogen-bond acceptors (Lipinski definition) is 4. The van der Waals surface area contributed by atoms with Crippen molar-refractivity contribution in [3.8, 4) is 5.69 Å². The molecule has 0 aliphatic carbocycles. The maximum atomic E-state index is 11.7. The van der Waals surface area contributed by atoms with Gasteiger partial charge in [0.05, 0.1) is 5.69 Å². The number of nitrogens with zero attached hydrogens (tertiary/aromatic N) is 2. The van der Waals surface area contributed by atoms with Crippen LogP contribution in [0.4, 0.5) is 0 Å². The number of carboxylic acid groups (broad SMARTS) is 1. The Hall–Kier alpha value is -2.28. The number of carboxylic acids is 1. The fourth-order valence-electron chi connectivity index (χ4n) is 2.06. The maximum absolute atomic E-state index is 11.7. The van der Waals surface area contributed by atoms with Gasteiger partial charge in [-0.2, -0.15) is 16.9 Å². The Balaban J connectivity index is 1.96. The van der Waals surface area contributed by atoms with Crippen LogP contribution < -0.4 is 5.32 Å². The standard InChI is InChI=1S/C16H19N3O3S/c1-23-9-3-6-15(20)17-11-12-4-2-5-13(10-12)19-8-7-14(18-19)16(21)22/h2,4-5,7-8,10H,3,6,9,11H2,1H3,(H,17,20)(H,21,22). The molecule has 0 spiro atoms. The topological polar surface area (TPSA) is 84.2 Å². The van der Waals surface area contributed by atoms with Gasteiger partial charge in [-0.25, -0.2) is 9.48 Å². The van der Waals surface area contributed by atoms with E-state index < -0.39 is 5.97 Å². The number of hydrogen-bond donors (Lipinski definition) is 2. The van der Waals surface area contributed by atoms with Crippen molar-refractivity contribution < 1.29 is 14.7 Å². The quantitative estimate of drug-likeness (QED) is 0.724. The summed E-state index contributed by atoms with van der Waals surface area (Å²) >= 11 is 1.73. The summed E-state index contributed by atoms with van der Waals surface area (Å²) in [6, 6.07) is 8.92. The van der Waals surface area contributed by atoms with Crippen LogP contribution in [0.25, 0.3) is 5.69 Å². The minimum Gasteiger partial charge on any atom is -0.476 e. The number of carbonyl (C=O) groups is 2. The zero-order chi connectivity index (χ0) is 16.7. The maximum Gasteiger partial charge on any atom is 0.356 e. The molecule has 0 unspecified atom stereocenters. The van der Waals surface area contributed by atoms with Gasteiger partial charge in [0, 0.05) is 19.2 Å². The van der Waals surface area contributed by atoms with Crippen molar-refractivity contribution in [3.63, 3.8) is 0 Å². The lowest BCUT2D eigenvalue weighted by Gasteiger charge is -2.07. The summed E-state index contributed by atoms with van der Waals surface area (Å²) in [6.07, 6.45) is 5.03. The Morgan fingerprint density at radius 2 is 2.17 bits per heavy atom. The van der Waals surface area contributed by atoms with Gasteiger partial charge in [0.25, 0.3) is 0 Å². The first-order valence-electron chi connectivity index (χ1n) is 7.24. The average molecular weight is 333 g/mol. The molecule has 0 aliphatic rings. The molecular formula is C16H19N3O3S. The van der Waals surface area contributed by atoms with Gasteiger partial charge in [0.2, 0.25) is 5.91 Å². The first-order chi connectivity index (χ1) is 11.1. The van der Waals surface area contributed by atoms with Crippen LogP contribution in [0.15, 0.2) is 36.5 Å². The lowest BCUT2D eigenvalue weighted by atomic mass is 10.2. The van der Waals surface area contributed by atoms with Gasteiger partial charge in [0.15, 0.2) is 5.69 Å². The summed E-state index contributed by atoms with van der Waals surface area (Å²) in [4.78, 5) is 22.6. The SMILES string of the molecule is CSCCCC(=O)NCc1cccc(-n2ccc(C(=O)O)n2)c1. The molecule has 1 aromatic heterocycles. The van der Waals surface area contributed by atoms with Crippen LogP contribution in [0.5, 0.6) is 0 Å². The van der Waals surface area contributed by atoms with Crippen LogP contribution in [0.3, 0.4) is 0 Å². The van der Waals surface area contributed by atoms with Crippen LogP contribution in [0, 0.1) is 0 Å². The zero-order valence-corrected chi connectivity index (χ0v) is 13.7. The highest BCUT2D eigenvalue weighted by Crippen LogP contribution is 2.11. The van der Waals surface area contributed by atoms with Gasteiger partial charge >= 0.3 is 5.97 Å². The molecular weight excluding hydrogens is 314 g/mol. The molecule has 6 nitrogen and oxygen atoms in total. The van der Waals surface area contributed by atoms with E-state index in [0.717, 1.165) is 23.4 Å². The fourth-order valence-corrected chi connectivity index (χ4v) is 2.49. The lowest BCUT2D eigenvalue weighted by molar-refractivity contribution is -0.121. The monoisotopic (exact) mass is 333 g/mol.